The normalized spacial score (nSPS) is 45.1. The van der Waals surface area contributed by atoms with Crippen LogP contribution in [0.2, 0.25) is 0 Å². The maximum absolute atomic E-state index is 13.4. The summed E-state index contributed by atoms with van der Waals surface area (Å²) in [6, 6.07) is 0. The van der Waals surface area contributed by atoms with E-state index >= 15 is 0 Å². The van der Waals surface area contributed by atoms with Crippen LogP contribution < -0.4 is 0 Å². The fourth-order valence-corrected chi connectivity index (χ4v) is 8.23. The average Bonchev–Trinajstić information content (AvgIpc) is 3.04. The van der Waals surface area contributed by atoms with Gasteiger partial charge in [0.25, 0.3) is 0 Å². The van der Waals surface area contributed by atoms with E-state index in [1.165, 1.54) is 24.8 Å². The third-order valence-corrected chi connectivity index (χ3v) is 10.1. The molecule has 0 spiro atoms. The molecule has 0 aromatic heterocycles. The average molecular weight is 415 g/mol. The van der Waals surface area contributed by atoms with E-state index in [1.54, 1.807) is 0 Å². The van der Waals surface area contributed by atoms with Crippen LogP contribution in [0.15, 0.2) is 23.8 Å². The lowest BCUT2D eigenvalue weighted by Crippen LogP contribution is -2.53. The molecule has 30 heavy (non-hydrogen) atoms. The lowest BCUT2D eigenvalue weighted by Gasteiger charge is -2.57. The maximum Gasteiger partial charge on any atom is 0.159 e. The van der Waals surface area contributed by atoms with Crippen LogP contribution in [0.25, 0.3) is 0 Å². The van der Waals surface area contributed by atoms with Crippen molar-refractivity contribution in [3.63, 3.8) is 0 Å². The first kappa shape index (κ1) is 22.3. The first-order valence-corrected chi connectivity index (χ1v) is 12.3. The standard InChI is InChI=1S/C27H42O3/c1-16(2)23(29)9-6-17(3)20-7-8-21-25-22(11-13-27(20,21)5)26(4)12-10-19(28)14-18(26)15-24(25)30/h15,17,19-23,25,28-29H,1,6-14H2,2-5H3/t17?,19-,20+,21?,22?,23?,25?,26-,27+/m0/s1. The summed E-state index contributed by atoms with van der Waals surface area (Å²) in [5, 5.41) is 20.4. The molecule has 0 aromatic carbocycles. The van der Waals surface area contributed by atoms with Gasteiger partial charge in [-0.3, -0.25) is 4.79 Å². The summed E-state index contributed by atoms with van der Waals surface area (Å²) >= 11 is 0. The Balaban J connectivity index is 1.54. The van der Waals surface area contributed by atoms with Gasteiger partial charge in [-0.15, -0.1) is 0 Å². The molecule has 0 radical (unpaired) electrons. The fraction of sp³-hybridized carbons (Fsp3) is 0.815. The van der Waals surface area contributed by atoms with Gasteiger partial charge >= 0.3 is 0 Å². The number of aliphatic hydroxyl groups is 2. The highest BCUT2D eigenvalue weighted by Gasteiger charge is 2.61. The summed E-state index contributed by atoms with van der Waals surface area (Å²) in [6.45, 7) is 13.0. The Morgan fingerprint density at radius 1 is 1.17 bits per heavy atom. The molecule has 0 heterocycles. The minimum absolute atomic E-state index is 0.106. The van der Waals surface area contributed by atoms with Gasteiger partial charge in [0.2, 0.25) is 0 Å². The van der Waals surface area contributed by atoms with Crippen molar-refractivity contribution in [3.05, 3.63) is 23.8 Å². The molecular formula is C27H42O3. The molecule has 3 nitrogen and oxygen atoms in total. The molecule has 9 atom stereocenters. The topological polar surface area (TPSA) is 57.5 Å². The van der Waals surface area contributed by atoms with Crippen LogP contribution in [0.3, 0.4) is 0 Å². The van der Waals surface area contributed by atoms with E-state index in [-0.39, 0.29) is 22.9 Å². The number of carbonyl (C=O) groups is 1. The predicted molar refractivity (Wildman–Crippen MR) is 121 cm³/mol. The number of rotatable bonds is 5. The molecule has 4 rings (SSSR count). The summed E-state index contributed by atoms with van der Waals surface area (Å²) in [5.74, 6) is 2.67. The predicted octanol–water partition coefficient (Wildman–Crippen LogP) is 5.46. The van der Waals surface area contributed by atoms with E-state index in [0.717, 1.165) is 37.7 Å². The van der Waals surface area contributed by atoms with Crippen molar-refractivity contribution in [2.24, 2.45) is 40.4 Å². The van der Waals surface area contributed by atoms with Crippen molar-refractivity contribution in [2.75, 3.05) is 0 Å². The minimum atomic E-state index is -0.390. The highest BCUT2D eigenvalue weighted by atomic mass is 16.3. The summed E-state index contributed by atoms with van der Waals surface area (Å²) in [4.78, 5) is 13.4. The molecular weight excluding hydrogens is 372 g/mol. The van der Waals surface area contributed by atoms with Crippen molar-refractivity contribution in [1.29, 1.82) is 0 Å². The minimum Gasteiger partial charge on any atom is -0.393 e. The first-order valence-electron chi connectivity index (χ1n) is 12.3. The van der Waals surface area contributed by atoms with Crippen LogP contribution in [0.4, 0.5) is 0 Å². The maximum atomic E-state index is 13.4. The zero-order valence-corrected chi connectivity index (χ0v) is 19.5. The lowest BCUT2D eigenvalue weighted by molar-refractivity contribution is -0.135. The Morgan fingerprint density at radius 2 is 1.90 bits per heavy atom. The molecule has 5 unspecified atom stereocenters. The summed E-state index contributed by atoms with van der Waals surface area (Å²) in [5.41, 5.74) is 2.43. The molecule has 0 aliphatic heterocycles. The van der Waals surface area contributed by atoms with E-state index in [9.17, 15) is 15.0 Å². The van der Waals surface area contributed by atoms with Gasteiger partial charge in [-0.2, -0.15) is 0 Å². The van der Waals surface area contributed by atoms with Gasteiger partial charge in [-0.25, -0.2) is 0 Å². The second kappa shape index (κ2) is 7.89. The lowest BCUT2D eigenvalue weighted by atomic mass is 9.46. The molecule has 0 aromatic rings. The molecule has 168 valence electrons. The van der Waals surface area contributed by atoms with Crippen molar-refractivity contribution in [1.82, 2.24) is 0 Å². The third kappa shape index (κ3) is 3.45. The van der Waals surface area contributed by atoms with Crippen LogP contribution in [-0.2, 0) is 4.79 Å². The molecule has 2 N–H and O–H groups in total. The smallest absolute Gasteiger partial charge is 0.159 e. The van der Waals surface area contributed by atoms with Crippen LogP contribution in [-0.4, -0.2) is 28.2 Å². The van der Waals surface area contributed by atoms with Crippen molar-refractivity contribution < 1.29 is 15.0 Å². The Labute approximate surface area is 183 Å². The highest BCUT2D eigenvalue weighted by molar-refractivity contribution is 5.94. The molecule has 0 saturated heterocycles. The monoisotopic (exact) mass is 414 g/mol. The number of hydrogen-bond acceptors (Lipinski definition) is 3. The highest BCUT2D eigenvalue weighted by Crippen LogP contribution is 2.66. The van der Waals surface area contributed by atoms with Crippen LogP contribution in [0, 0.1) is 40.4 Å². The Morgan fingerprint density at radius 3 is 2.60 bits per heavy atom. The molecule has 3 saturated carbocycles. The number of aliphatic hydroxyl groups excluding tert-OH is 2. The number of ketones is 1. The van der Waals surface area contributed by atoms with Crippen LogP contribution in [0.5, 0.6) is 0 Å². The number of carbonyl (C=O) groups excluding carboxylic acids is 1. The van der Waals surface area contributed by atoms with Crippen molar-refractivity contribution in [2.45, 2.75) is 97.7 Å². The van der Waals surface area contributed by atoms with Crippen molar-refractivity contribution >= 4 is 5.78 Å². The first-order chi connectivity index (χ1) is 14.1. The fourth-order valence-electron chi connectivity index (χ4n) is 8.23. The zero-order valence-electron chi connectivity index (χ0n) is 19.5. The Bertz CT molecular complexity index is 738. The quantitative estimate of drug-likeness (QED) is 0.587. The van der Waals surface area contributed by atoms with Gasteiger partial charge in [-0.1, -0.05) is 38.5 Å². The Hall–Kier alpha value is -0.930. The van der Waals surface area contributed by atoms with Gasteiger partial charge in [-0.05, 0) is 105 Å². The molecule has 3 heteroatoms. The number of hydrogen-bond donors (Lipinski definition) is 2. The summed E-state index contributed by atoms with van der Waals surface area (Å²) < 4.78 is 0. The van der Waals surface area contributed by atoms with E-state index in [0.29, 0.717) is 35.9 Å². The van der Waals surface area contributed by atoms with E-state index < -0.39 is 6.10 Å². The number of fused-ring (bicyclic) bond motifs is 5. The summed E-state index contributed by atoms with van der Waals surface area (Å²) in [6.07, 6.45) is 10.5. The van der Waals surface area contributed by atoms with Gasteiger partial charge in [0, 0.05) is 5.92 Å². The molecule has 3 fully saturated rings. The zero-order chi connectivity index (χ0) is 21.8. The molecule has 0 bridgehead atoms. The van der Waals surface area contributed by atoms with Gasteiger partial charge < -0.3 is 10.2 Å². The van der Waals surface area contributed by atoms with Gasteiger partial charge in [0.15, 0.2) is 5.78 Å². The van der Waals surface area contributed by atoms with Gasteiger partial charge in [0.05, 0.1) is 12.2 Å². The van der Waals surface area contributed by atoms with Crippen LogP contribution >= 0.6 is 0 Å². The summed E-state index contributed by atoms with van der Waals surface area (Å²) in [7, 11) is 0. The number of allylic oxidation sites excluding steroid dienone is 1. The second-order valence-electron chi connectivity index (χ2n) is 11.8. The van der Waals surface area contributed by atoms with Crippen molar-refractivity contribution in [3.8, 4) is 0 Å². The molecule has 4 aliphatic rings. The second-order valence-corrected chi connectivity index (χ2v) is 11.8. The SMILES string of the molecule is C=C(C)C(O)CCC(C)[C@H]1CCC2C3C(=O)C=C4C[C@@H](O)CC[C@]4(C)C3CC[C@@]21C. The van der Waals surface area contributed by atoms with E-state index in [2.05, 4.69) is 27.4 Å². The largest absolute Gasteiger partial charge is 0.393 e. The third-order valence-electron chi connectivity index (χ3n) is 10.1. The van der Waals surface area contributed by atoms with Gasteiger partial charge in [0.1, 0.15) is 0 Å². The van der Waals surface area contributed by atoms with Crippen LogP contribution in [0.1, 0.15) is 85.5 Å². The molecule has 4 aliphatic carbocycles. The Kier molecular flexibility index (Phi) is 5.85. The molecule has 0 amide bonds. The van der Waals surface area contributed by atoms with E-state index in [1.807, 2.05) is 13.0 Å². The van der Waals surface area contributed by atoms with E-state index in [4.69, 9.17) is 0 Å².